The van der Waals surface area contributed by atoms with Crippen LogP contribution in [0.1, 0.15) is 62.2 Å². The zero-order valence-electron chi connectivity index (χ0n) is 23.9. The van der Waals surface area contributed by atoms with Gasteiger partial charge in [0.15, 0.2) is 0 Å². The molecule has 0 spiro atoms. The molecule has 1 aromatic heterocycles. The molecule has 44 heavy (non-hydrogen) atoms. The Hall–Kier alpha value is -3.12. The summed E-state index contributed by atoms with van der Waals surface area (Å²) < 4.78 is 38.5. The van der Waals surface area contributed by atoms with Gasteiger partial charge in [0.05, 0.1) is 34.2 Å². The number of aliphatic carboxylic acids is 1. The summed E-state index contributed by atoms with van der Waals surface area (Å²) in [4.78, 5) is 24.7. The Balaban J connectivity index is 1.09. The van der Waals surface area contributed by atoms with E-state index in [2.05, 4.69) is 10.1 Å². The molecule has 2 aliphatic carbocycles. The van der Waals surface area contributed by atoms with E-state index in [0.717, 1.165) is 53.5 Å². The molecule has 2 aromatic carbocycles. The molecule has 0 unspecified atom stereocenters. The number of hydrogen-bond donors (Lipinski definition) is 1. The van der Waals surface area contributed by atoms with Crippen LogP contribution in [0.3, 0.4) is 0 Å². The van der Waals surface area contributed by atoms with Gasteiger partial charge in [0, 0.05) is 47.7 Å². The van der Waals surface area contributed by atoms with Crippen molar-refractivity contribution in [2.75, 3.05) is 21.5 Å². The van der Waals surface area contributed by atoms with Gasteiger partial charge in [0.1, 0.15) is 11.5 Å². The molecule has 1 saturated heterocycles. The molecule has 3 aromatic rings. The molecule has 0 radical (unpaired) electrons. The standard InChI is InChI=1S/C31H33Cl2N3O7S/c32-25-4-3-5-26(33)29(25)30-24(31(43-34-30)19-7-8-19)17-42-27-15-23-14-20(27)16-35(23)21-9-11-22(12-10-21)36(18-37)44(40,41)13-2-1-6-28(38)39/h3-5,9-12,18-20,23,27H,1-2,6-8,13-17H2,(H,38,39)/t20-,23-,27+/m0/s1. The molecule has 1 aliphatic heterocycles. The highest BCUT2D eigenvalue weighted by molar-refractivity contribution is 7.93. The van der Waals surface area contributed by atoms with E-state index in [4.69, 9.17) is 37.6 Å². The van der Waals surface area contributed by atoms with Crippen molar-refractivity contribution in [3.8, 4) is 11.3 Å². The molecule has 10 nitrogen and oxygen atoms in total. The molecule has 2 heterocycles. The number of carboxylic acid groups (broad SMARTS) is 1. The minimum absolute atomic E-state index is 0.0730. The molecule has 2 saturated carbocycles. The van der Waals surface area contributed by atoms with Gasteiger partial charge in [-0.1, -0.05) is 34.4 Å². The second kappa shape index (κ2) is 12.7. The summed E-state index contributed by atoms with van der Waals surface area (Å²) >= 11 is 13.0. The number of hydrogen-bond acceptors (Lipinski definition) is 8. The number of sulfonamides is 1. The predicted molar refractivity (Wildman–Crippen MR) is 167 cm³/mol. The SMILES string of the molecule is O=CN(c1ccc(N2C[C@@H]3C[C@H]2C[C@H]3OCc2c(-c3c(Cl)cccc3Cl)noc2C2CC2)cc1)S(=O)(=O)CCCCC(=O)O. The average molecular weight is 663 g/mol. The topological polar surface area (TPSA) is 130 Å². The maximum Gasteiger partial charge on any atom is 0.303 e. The number of nitrogens with zero attached hydrogens (tertiary/aromatic N) is 3. The number of piperidine rings is 1. The van der Waals surface area contributed by atoms with Crippen molar-refractivity contribution in [2.24, 2.45) is 5.92 Å². The number of carbonyl (C=O) groups excluding carboxylic acids is 1. The van der Waals surface area contributed by atoms with Crippen LogP contribution in [0.5, 0.6) is 0 Å². The fourth-order valence-electron chi connectivity index (χ4n) is 6.40. The lowest BCUT2D eigenvalue weighted by Crippen LogP contribution is -2.38. The zero-order valence-corrected chi connectivity index (χ0v) is 26.2. The summed E-state index contributed by atoms with van der Waals surface area (Å²) in [7, 11) is -3.91. The van der Waals surface area contributed by atoms with Gasteiger partial charge in [-0.05, 0) is 74.9 Å². The lowest BCUT2D eigenvalue weighted by Gasteiger charge is -2.33. The number of halogens is 2. The molecule has 3 fully saturated rings. The number of anilines is 2. The van der Waals surface area contributed by atoms with Crippen LogP contribution in [0.4, 0.5) is 11.4 Å². The van der Waals surface area contributed by atoms with Crippen LogP contribution in [-0.2, 0) is 31.0 Å². The van der Waals surface area contributed by atoms with Crippen molar-refractivity contribution >= 4 is 57.0 Å². The summed E-state index contributed by atoms with van der Waals surface area (Å²) in [6.07, 6.45) is 4.58. The van der Waals surface area contributed by atoms with Gasteiger partial charge in [-0.25, -0.2) is 12.7 Å². The largest absolute Gasteiger partial charge is 0.481 e. The summed E-state index contributed by atoms with van der Waals surface area (Å²) in [5.74, 6) is 0.241. The van der Waals surface area contributed by atoms with Gasteiger partial charge < -0.3 is 19.3 Å². The van der Waals surface area contributed by atoms with Crippen LogP contribution in [0.2, 0.25) is 10.0 Å². The fraction of sp³-hybridized carbons (Fsp3) is 0.452. The Labute approximate surface area is 265 Å². The van der Waals surface area contributed by atoms with Crippen molar-refractivity contribution < 1.29 is 32.4 Å². The van der Waals surface area contributed by atoms with E-state index in [1.807, 2.05) is 12.1 Å². The number of aromatic nitrogens is 1. The van der Waals surface area contributed by atoms with Gasteiger partial charge in [-0.2, -0.15) is 0 Å². The highest BCUT2D eigenvalue weighted by Crippen LogP contribution is 2.47. The molecule has 1 amide bonds. The Morgan fingerprint density at radius 2 is 1.84 bits per heavy atom. The maximum atomic E-state index is 12.7. The molecule has 6 rings (SSSR count). The summed E-state index contributed by atoms with van der Waals surface area (Å²) in [5.41, 5.74) is 3.41. The lowest BCUT2D eigenvalue weighted by atomic mass is 10.0. The summed E-state index contributed by atoms with van der Waals surface area (Å²) in [6.45, 7) is 1.16. The van der Waals surface area contributed by atoms with E-state index < -0.39 is 16.0 Å². The molecule has 2 bridgehead atoms. The van der Waals surface area contributed by atoms with Crippen molar-refractivity contribution in [2.45, 2.75) is 69.6 Å². The first-order valence-corrected chi connectivity index (χ1v) is 17.1. The van der Waals surface area contributed by atoms with Gasteiger partial charge in [-0.3, -0.25) is 9.59 Å². The fourth-order valence-corrected chi connectivity index (χ4v) is 8.32. The number of amides is 1. The van der Waals surface area contributed by atoms with E-state index in [0.29, 0.717) is 39.7 Å². The van der Waals surface area contributed by atoms with Gasteiger partial charge in [-0.15, -0.1) is 0 Å². The molecule has 13 heteroatoms. The van der Waals surface area contributed by atoms with Crippen molar-refractivity contribution in [3.63, 3.8) is 0 Å². The van der Waals surface area contributed by atoms with Crippen LogP contribution in [0, 0.1) is 5.92 Å². The first kappa shape index (κ1) is 30.9. The van der Waals surface area contributed by atoms with Crippen LogP contribution in [0.15, 0.2) is 47.0 Å². The number of carboxylic acids is 1. The lowest BCUT2D eigenvalue weighted by molar-refractivity contribution is -0.137. The third-order valence-electron chi connectivity index (χ3n) is 8.76. The van der Waals surface area contributed by atoms with E-state index >= 15 is 0 Å². The Morgan fingerprint density at radius 1 is 1.11 bits per heavy atom. The van der Waals surface area contributed by atoms with E-state index in [1.165, 1.54) is 0 Å². The van der Waals surface area contributed by atoms with Crippen molar-refractivity contribution in [1.29, 1.82) is 0 Å². The third kappa shape index (κ3) is 6.33. The number of unbranched alkanes of at least 4 members (excludes halogenated alkanes) is 1. The smallest absolute Gasteiger partial charge is 0.303 e. The quantitative estimate of drug-likeness (QED) is 0.157. The van der Waals surface area contributed by atoms with Crippen LogP contribution in [-0.4, -0.2) is 55.5 Å². The van der Waals surface area contributed by atoms with Crippen molar-refractivity contribution in [1.82, 2.24) is 5.16 Å². The number of benzene rings is 2. The normalized spacial score (nSPS) is 21.1. The van der Waals surface area contributed by atoms with Crippen LogP contribution in [0.25, 0.3) is 11.3 Å². The summed E-state index contributed by atoms with van der Waals surface area (Å²) in [6, 6.07) is 12.6. The monoisotopic (exact) mass is 661 g/mol. The van der Waals surface area contributed by atoms with Crippen LogP contribution >= 0.6 is 23.2 Å². The average Bonchev–Trinajstić information content (AvgIpc) is 3.44. The molecule has 234 valence electrons. The third-order valence-corrected chi connectivity index (χ3v) is 11.1. The van der Waals surface area contributed by atoms with E-state index in [1.54, 1.807) is 30.3 Å². The molecule has 3 atom stereocenters. The first-order chi connectivity index (χ1) is 21.2. The molecular weight excluding hydrogens is 629 g/mol. The Morgan fingerprint density at radius 3 is 2.45 bits per heavy atom. The second-order valence-electron chi connectivity index (χ2n) is 11.7. The Kier molecular flexibility index (Phi) is 8.92. The zero-order chi connectivity index (χ0) is 31.0. The first-order valence-electron chi connectivity index (χ1n) is 14.8. The minimum Gasteiger partial charge on any atom is -0.481 e. The highest BCUT2D eigenvalue weighted by Gasteiger charge is 2.46. The van der Waals surface area contributed by atoms with Crippen LogP contribution < -0.4 is 9.21 Å². The molecule has 1 N–H and O–H groups in total. The number of carbonyl (C=O) groups is 2. The van der Waals surface area contributed by atoms with Gasteiger partial charge in [0.2, 0.25) is 16.4 Å². The number of rotatable bonds is 14. The minimum atomic E-state index is -3.91. The summed E-state index contributed by atoms with van der Waals surface area (Å²) in [5, 5.41) is 14.2. The van der Waals surface area contributed by atoms with Gasteiger partial charge in [0.25, 0.3) is 0 Å². The number of fused-ring (bicyclic) bond motifs is 2. The number of ether oxygens (including phenoxy) is 1. The molecule has 3 aliphatic rings. The van der Waals surface area contributed by atoms with E-state index in [9.17, 15) is 18.0 Å². The predicted octanol–water partition coefficient (Wildman–Crippen LogP) is 6.26. The maximum absolute atomic E-state index is 12.7. The van der Waals surface area contributed by atoms with Crippen molar-refractivity contribution in [3.05, 3.63) is 63.8 Å². The van der Waals surface area contributed by atoms with E-state index in [-0.39, 0.29) is 49.3 Å². The second-order valence-corrected chi connectivity index (χ2v) is 14.5. The Bertz CT molecular complexity index is 1620. The van der Waals surface area contributed by atoms with Gasteiger partial charge >= 0.3 is 5.97 Å². The highest BCUT2D eigenvalue weighted by atomic mass is 35.5. The molecular formula is C31H33Cl2N3O7S.